The summed E-state index contributed by atoms with van der Waals surface area (Å²) in [4.78, 5) is 17.8. The number of ether oxygens (including phenoxy) is 1. The van der Waals surface area contributed by atoms with E-state index in [1.54, 1.807) is 12.1 Å². The van der Waals surface area contributed by atoms with Gasteiger partial charge in [-0.15, -0.1) is 0 Å². The van der Waals surface area contributed by atoms with E-state index >= 15 is 0 Å². The standard InChI is InChI=1S/C28H28N2O2/c1-19(2)18-30-25-8-6-5-7-24(25)29-27(30)17-26(22-13-9-20(3)10-14-22)32-28(31)23-15-11-21(4)12-16-23/h5-17,19H,18H2,1-4H3/b26-17+. The van der Waals surface area contributed by atoms with Gasteiger partial charge in [0.25, 0.3) is 0 Å². The molecule has 1 heterocycles. The lowest BCUT2D eigenvalue weighted by molar-refractivity contribution is 0.0693. The van der Waals surface area contributed by atoms with Crippen molar-refractivity contribution in [3.05, 3.63) is 101 Å². The highest BCUT2D eigenvalue weighted by molar-refractivity contribution is 5.95. The lowest BCUT2D eigenvalue weighted by Crippen LogP contribution is -2.08. The third-order valence-corrected chi connectivity index (χ3v) is 5.32. The second kappa shape index (κ2) is 9.23. The number of rotatable bonds is 6. The van der Waals surface area contributed by atoms with Crippen LogP contribution in [0.5, 0.6) is 0 Å². The van der Waals surface area contributed by atoms with Crippen LogP contribution in [0.4, 0.5) is 0 Å². The fourth-order valence-corrected chi connectivity index (χ4v) is 3.62. The van der Waals surface area contributed by atoms with Gasteiger partial charge >= 0.3 is 5.97 Å². The van der Waals surface area contributed by atoms with E-state index < -0.39 is 0 Å². The van der Waals surface area contributed by atoms with Crippen LogP contribution in [0.3, 0.4) is 0 Å². The fourth-order valence-electron chi connectivity index (χ4n) is 3.62. The zero-order valence-electron chi connectivity index (χ0n) is 19.0. The quantitative estimate of drug-likeness (QED) is 0.257. The molecule has 162 valence electrons. The highest BCUT2D eigenvalue weighted by Crippen LogP contribution is 2.25. The summed E-state index contributed by atoms with van der Waals surface area (Å²) >= 11 is 0. The number of esters is 1. The summed E-state index contributed by atoms with van der Waals surface area (Å²) in [6.45, 7) is 9.21. The Morgan fingerprint density at radius 3 is 2.12 bits per heavy atom. The predicted octanol–water partition coefficient (Wildman–Crippen LogP) is 6.66. The number of imidazole rings is 1. The number of hydrogen-bond acceptors (Lipinski definition) is 3. The number of aryl methyl sites for hydroxylation is 2. The van der Waals surface area contributed by atoms with E-state index in [0.29, 0.717) is 17.2 Å². The van der Waals surface area contributed by atoms with Gasteiger partial charge in [-0.25, -0.2) is 9.78 Å². The van der Waals surface area contributed by atoms with E-state index in [4.69, 9.17) is 9.72 Å². The van der Waals surface area contributed by atoms with Crippen molar-refractivity contribution in [3.63, 3.8) is 0 Å². The van der Waals surface area contributed by atoms with Crippen LogP contribution in [0.15, 0.2) is 72.8 Å². The second-order valence-corrected chi connectivity index (χ2v) is 8.59. The summed E-state index contributed by atoms with van der Waals surface area (Å²) in [5, 5.41) is 0. The van der Waals surface area contributed by atoms with Gasteiger partial charge < -0.3 is 9.30 Å². The van der Waals surface area contributed by atoms with E-state index in [0.717, 1.165) is 40.1 Å². The summed E-state index contributed by atoms with van der Waals surface area (Å²) in [5.74, 6) is 1.31. The third-order valence-electron chi connectivity index (χ3n) is 5.32. The minimum atomic E-state index is -0.386. The molecule has 0 N–H and O–H groups in total. The number of hydrogen-bond donors (Lipinski definition) is 0. The molecule has 0 saturated carbocycles. The number of carbonyl (C=O) groups excluding carboxylic acids is 1. The van der Waals surface area contributed by atoms with Crippen molar-refractivity contribution in [1.29, 1.82) is 0 Å². The van der Waals surface area contributed by atoms with Crippen LogP contribution in [0.1, 0.15) is 46.7 Å². The summed E-state index contributed by atoms with van der Waals surface area (Å²) in [6.07, 6.45) is 1.87. The van der Waals surface area contributed by atoms with Crippen molar-refractivity contribution in [2.45, 2.75) is 34.2 Å². The van der Waals surface area contributed by atoms with E-state index in [1.807, 2.05) is 74.5 Å². The van der Waals surface area contributed by atoms with Crippen LogP contribution in [-0.2, 0) is 11.3 Å². The summed E-state index contributed by atoms with van der Waals surface area (Å²) in [7, 11) is 0. The van der Waals surface area contributed by atoms with Crippen LogP contribution in [0.2, 0.25) is 0 Å². The van der Waals surface area contributed by atoms with Crippen LogP contribution in [0, 0.1) is 19.8 Å². The summed E-state index contributed by atoms with van der Waals surface area (Å²) in [5.41, 5.74) is 5.58. The Morgan fingerprint density at radius 1 is 0.906 bits per heavy atom. The number of aromatic nitrogens is 2. The van der Waals surface area contributed by atoms with Gasteiger partial charge in [0, 0.05) is 18.2 Å². The molecule has 0 fully saturated rings. The Hall–Kier alpha value is -3.66. The molecule has 0 bridgehead atoms. The van der Waals surface area contributed by atoms with E-state index in [1.165, 1.54) is 0 Å². The van der Waals surface area contributed by atoms with Gasteiger partial charge in [0.1, 0.15) is 11.6 Å². The lowest BCUT2D eigenvalue weighted by atomic mass is 10.1. The zero-order chi connectivity index (χ0) is 22.7. The molecule has 4 rings (SSSR count). The minimum Gasteiger partial charge on any atom is -0.422 e. The van der Waals surface area contributed by atoms with Gasteiger partial charge in [0.15, 0.2) is 0 Å². The molecule has 4 heteroatoms. The van der Waals surface area contributed by atoms with Crippen molar-refractivity contribution < 1.29 is 9.53 Å². The second-order valence-electron chi connectivity index (χ2n) is 8.59. The van der Waals surface area contributed by atoms with Gasteiger partial charge in [0.2, 0.25) is 0 Å². The molecule has 32 heavy (non-hydrogen) atoms. The van der Waals surface area contributed by atoms with E-state index in [-0.39, 0.29) is 5.97 Å². The van der Waals surface area contributed by atoms with Crippen LogP contribution in [-0.4, -0.2) is 15.5 Å². The Morgan fingerprint density at radius 2 is 1.50 bits per heavy atom. The number of fused-ring (bicyclic) bond motifs is 1. The van der Waals surface area contributed by atoms with Crippen LogP contribution >= 0.6 is 0 Å². The number of nitrogens with zero attached hydrogens (tertiary/aromatic N) is 2. The highest BCUT2D eigenvalue weighted by Gasteiger charge is 2.16. The first-order valence-corrected chi connectivity index (χ1v) is 10.9. The molecule has 0 aliphatic heterocycles. The van der Waals surface area contributed by atoms with Crippen molar-refractivity contribution in [3.8, 4) is 0 Å². The van der Waals surface area contributed by atoms with Crippen molar-refractivity contribution in [2.75, 3.05) is 0 Å². The largest absolute Gasteiger partial charge is 0.422 e. The molecular weight excluding hydrogens is 396 g/mol. The molecule has 3 aromatic carbocycles. The molecule has 0 unspecified atom stereocenters. The van der Waals surface area contributed by atoms with Gasteiger partial charge in [-0.2, -0.15) is 0 Å². The molecule has 0 radical (unpaired) electrons. The van der Waals surface area contributed by atoms with Gasteiger partial charge in [-0.1, -0.05) is 73.5 Å². The van der Waals surface area contributed by atoms with Crippen molar-refractivity contribution >= 4 is 28.8 Å². The first kappa shape index (κ1) is 21.6. The van der Waals surface area contributed by atoms with Gasteiger partial charge in [-0.3, -0.25) is 0 Å². The fraction of sp³-hybridized carbons (Fsp3) is 0.214. The molecule has 0 amide bonds. The van der Waals surface area contributed by atoms with E-state index in [2.05, 4.69) is 24.5 Å². The monoisotopic (exact) mass is 424 g/mol. The van der Waals surface area contributed by atoms with Crippen LogP contribution in [0.25, 0.3) is 22.9 Å². The molecule has 0 aliphatic carbocycles. The smallest absolute Gasteiger partial charge is 0.343 e. The topological polar surface area (TPSA) is 44.1 Å². The zero-order valence-corrected chi connectivity index (χ0v) is 19.0. The van der Waals surface area contributed by atoms with Gasteiger partial charge in [-0.05, 0) is 44.0 Å². The van der Waals surface area contributed by atoms with Crippen LogP contribution < -0.4 is 0 Å². The lowest BCUT2D eigenvalue weighted by Gasteiger charge is -2.13. The molecule has 0 atom stereocenters. The first-order valence-electron chi connectivity index (χ1n) is 10.9. The molecular formula is C28H28N2O2. The average Bonchev–Trinajstić information content (AvgIpc) is 3.11. The molecule has 0 spiro atoms. The maximum absolute atomic E-state index is 12.9. The van der Waals surface area contributed by atoms with E-state index in [9.17, 15) is 4.79 Å². The summed E-state index contributed by atoms with van der Waals surface area (Å²) in [6, 6.07) is 23.5. The number of benzene rings is 3. The summed E-state index contributed by atoms with van der Waals surface area (Å²) < 4.78 is 8.12. The molecule has 0 saturated heterocycles. The highest BCUT2D eigenvalue weighted by atomic mass is 16.5. The van der Waals surface area contributed by atoms with Gasteiger partial charge in [0.05, 0.1) is 16.6 Å². The molecule has 1 aromatic heterocycles. The number of para-hydroxylation sites is 2. The maximum atomic E-state index is 12.9. The normalized spacial score (nSPS) is 11.8. The Labute approximate surface area is 189 Å². The average molecular weight is 425 g/mol. The minimum absolute atomic E-state index is 0.386. The molecule has 0 aliphatic rings. The number of carbonyl (C=O) groups is 1. The molecule has 4 nitrogen and oxygen atoms in total. The third kappa shape index (κ3) is 4.80. The molecule has 4 aromatic rings. The maximum Gasteiger partial charge on any atom is 0.343 e. The SMILES string of the molecule is Cc1ccc(C(=O)O/C(=C/c2nc3ccccc3n2CC(C)C)c2ccc(C)cc2)cc1. The Balaban J connectivity index is 1.80. The predicted molar refractivity (Wildman–Crippen MR) is 130 cm³/mol. The first-order chi connectivity index (χ1) is 15.4. The Bertz CT molecular complexity index is 1260. The van der Waals surface area contributed by atoms with Crippen molar-refractivity contribution in [1.82, 2.24) is 9.55 Å². The van der Waals surface area contributed by atoms with Crippen molar-refractivity contribution in [2.24, 2.45) is 5.92 Å². The Kier molecular flexibility index (Phi) is 6.22.